The van der Waals surface area contributed by atoms with Gasteiger partial charge in [-0.2, -0.15) is 0 Å². The predicted molar refractivity (Wildman–Crippen MR) is 63.5 cm³/mol. The van der Waals surface area contributed by atoms with Crippen LogP contribution in [0.3, 0.4) is 0 Å². The van der Waals surface area contributed by atoms with Crippen LogP contribution in [0.25, 0.3) is 0 Å². The molecule has 0 saturated carbocycles. The molecule has 4 heterocycles. The molecule has 0 radical (unpaired) electrons. The highest BCUT2D eigenvalue weighted by Gasteiger charge is 2.34. The van der Waals surface area contributed by atoms with E-state index in [0.717, 1.165) is 12.3 Å². The van der Waals surface area contributed by atoms with Crippen molar-refractivity contribution in [1.29, 1.82) is 0 Å². The number of hydrogen-bond donors (Lipinski definition) is 1. The van der Waals surface area contributed by atoms with Gasteiger partial charge in [-0.1, -0.05) is 0 Å². The minimum Gasteiger partial charge on any atom is -0.469 e. The molecule has 2 bridgehead atoms. The van der Waals surface area contributed by atoms with Crippen LogP contribution in [0.4, 0.5) is 0 Å². The van der Waals surface area contributed by atoms with Crippen molar-refractivity contribution in [3.05, 3.63) is 24.2 Å². The molecule has 1 amide bonds. The van der Waals surface area contributed by atoms with Gasteiger partial charge in [-0.3, -0.25) is 4.79 Å². The van der Waals surface area contributed by atoms with Gasteiger partial charge in [0.15, 0.2) is 0 Å². The molecule has 17 heavy (non-hydrogen) atoms. The summed E-state index contributed by atoms with van der Waals surface area (Å²) in [5.41, 5.74) is 0. The third-order valence-corrected chi connectivity index (χ3v) is 3.92. The Kier molecular flexibility index (Phi) is 2.89. The maximum absolute atomic E-state index is 11.9. The van der Waals surface area contributed by atoms with Gasteiger partial charge in [0.05, 0.1) is 12.7 Å². The molecule has 4 rings (SSSR count). The lowest BCUT2D eigenvalue weighted by molar-refractivity contribution is -0.122. The van der Waals surface area contributed by atoms with Crippen molar-refractivity contribution in [2.24, 2.45) is 5.92 Å². The van der Waals surface area contributed by atoms with E-state index in [4.69, 9.17) is 4.42 Å². The molecule has 3 aliphatic rings. The van der Waals surface area contributed by atoms with Crippen LogP contribution in [0.15, 0.2) is 22.8 Å². The highest BCUT2D eigenvalue weighted by Crippen LogP contribution is 2.27. The first kappa shape index (κ1) is 10.8. The van der Waals surface area contributed by atoms with Gasteiger partial charge < -0.3 is 14.6 Å². The second-order valence-corrected chi connectivity index (χ2v) is 5.07. The number of piperidine rings is 3. The minimum atomic E-state index is 0.0821. The van der Waals surface area contributed by atoms with E-state index in [-0.39, 0.29) is 5.91 Å². The number of carbonyl (C=O) groups is 1. The Labute approximate surface area is 101 Å². The minimum absolute atomic E-state index is 0.0821. The number of fused-ring (bicyclic) bond motifs is 3. The SMILES string of the molecule is O=C(Cc1ccco1)NC1CN2CCC1CC2. The van der Waals surface area contributed by atoms with Gasteiger partial charge in [0, 0.05) is 12.6 Å². The topological polar surface area (TPSA) is 45.5 Å². The molecule has 3 aliphatic heterocycles. The molecule has 4 heteroatoms. The van der Waals surface area contributed by atoms with Crippen molar-refractivity contribution in [2.75, 3.05) is 19.6 Å². The van der Waals surface area contributed by atoms with Crippen molar-refractivity contribution >= 4 is 5.91 Å². The number of nitrogens with one attached hydrogen (secondary N) is 1. The Morgan fingerprint density at radius 2 is 2.29 bits per heavy atom. The Hall–Kier alpha value is -1.29. The summed E-state index contributed by atoms with van der Waals surface area (Å²) in [5, 5.41) is 3.15. The zero-order valence-corrected chi connectivity index (χ0v) is 9.89. The van der Waals surface area contributed by atoms with Crippen LogP contribution >= 0.6 is 0 Å². The summed E-state index contributed by atoms with van der Waals surface area (Å²) in [7, 11) is 0. The second kappa shape index (κ2) is 4.53. The fourth-order valence-electron chi connectivity index (χ4n) is 2.96. The summed E-state index contributed by atoms with van der Waals surface area (Å²) in [6, 6.07) is 4.01. The molecule has 0 aliphatic carbocycles. The lowest BCUT2D eigenvalue weighted by Gasteiger charge is -2.44. The van der Waals surface area contributed by atoms with Gasteiger partial charge in [-0.15, -0.1) is 0 Å². The Bertz CT molecular complexity index is 380. The van der Waals surface area contributed by atoms with Crippen LogP contribution in [0.1, 0.15) is 18.6 Å². The van der Waals surface area contributed by atoms with E-state index in [9.17, 15) is 4.79 Å². The fraction of sp³-hybridized carbons (Fsp3) is 0.615. The molecule has 92 valence electrons. The van der Waals surface area contributed by atoms with E-state index in [2.05, 4.69) is 10.2 Å². The number of amides is 1. The number of nitrogens with zero attached hydrogens (tertiary/aromatic N) is 1. The van der Waals surface area contributed by atoms with Gasteiger partial charge in [0.2, 0.25) is 5.91 Å². The summed E-state index contributed by atoms with van der Waals surface area (Å²) in [6.07, 6.45) is 4.42. The quantitative estimate of drug-likeness (QED) is 0.849. The average molecular weight is 234 g/mol. The van der Waals surface area contributed by atoms with Crippen LogP contribution in [-0.4, -0.2) is 36.5 Å². The van der Waals surface area contributed by atoms with Crippen molar-refractivity contribution in [3.8, 4) is 0 Å². The highest BCUT2D eigenvalue weighted by atomic mass is 16.3. The monoisotopic (exact) mass is 234 g/mol. The van der Waals surface area contributed by atoms with E-state index in [0.29, 0.717) is 18.4 Å². The first-order valence-corrected chi connectivity index (χ1v) is 6.35. The first-order valence-electron chi connectivity index (χ1n) is 6.35. The first-order chi connectivity index (χ1) is 8.31. The van der Waals surface area contributed by atoms with Crippen molar-refractivity contribution < 1.29 is 9.21 Å². The van der Waals surface area contributed by atoms with E-state index in [1.54, 1.807) is 6.26 Å². The molecule has 0 spiro atoms. The van der Waals surface area contributed by atoms with E-state index in [1.165, 1.54) is 25.9 Å². The molecule has 1 atom stereocenters. The third kappa shape index (κ3) is 2.36. The molecule has 1 aromatic heterocycles. The summed E-state index contributed by atoms with van der Waals surface area (Å²) >= 11 is 0. The van der Waals surface area contributed by atoms with E-state index in [1.807, 2.05) is 12.1 Å². The summed E-state index contributed by atoms with van der Waals surface area (Å²) in [6.45, 7) is 3.43. The molecule has 4 nitrogen and oxygen atoms in total. The number of carbonyl (C=O) groups excluding carboxylic acids is 1. The Morgan fingerprint density at radius 3 is 2.88 bits per heavy atom. The molecule has 3 fully saturated rings. The van der Waals surface area contributed by atoms with Crippen molar-refractivity contribution in [3.63, 3.8) is 0 Å². The number of furan rings is 1. The van der Waals surface area contributed by atoms with E-state index < -0.39 is 0 Å². The summed E-state index contributed by atoms with van der Waals surface area (Å²) in [4.78, 5) is 14.3. The van der Waals surface area contributed by atoms with Gasteiger partial charge in [-0.25, -0.2) is 0 Å². The zero-order chi connectivity index (χ0) is 11.7. The van der Waals surface area contributed by atoms with Gasteiger partial charge in [0.25, 0.3) is 0 Å². The van der Waals surface area contributed by atoms with Gasteiger partial charge in [0.1, 0.15) is 5.76 Å². The largest absolute Gasteiger partial charge is 0.469 e. The molecule has 0 aromatic carbocycles. The Balaban J connectivity index is 1.55. The fourth-order valence-corrected chi connectivity index (χ4v) is 2.96. The highest BCUT2D eigenvalue weighted by molar-refractivity contribution is 5.78. The maximum Gasteiger partial charge on any atom is 0.227 e. The lowest BCUT2D eigenvalue weighted by atomic mass is 9.84. The number of hydrogen-bond acceptors (Lipinski definition) is 3. The molecule has 3 saturated heterocycles. The standard InChI is InChI=1S/C13H18N2O2/c16-13(8-11-2-1-7-17-11)14-12-9-15-5-3-10(12)4-6-15/h1-2,7,10,12H,3-6,8-9H2,(H,14,16). The van der Waals surface area contributed by atoms with Crippen LogP contribution in [0.2, 0.25) is 0 Å². The number of rotatable bonds is 3. The normalized spacial score (nSPS) is 31.4. The molecule has 1 N–H and O–H groups in total. The second-order valence-electron chi connectivity index (χ2n) is 5.07. The summed E-state index contributed by atoms with van der Waals surface area (Å²) < 4.78 is 5.18. The smallest absolute Gasteiger partial charge is 0.227 e. The van der Waals surface area contributed by atoms with Crippen molar-refractivity contribution in [2.45, 2.75) is 25.3 Å². The van der Waals surface area contributed by atoms with Gasteiger partial charge >= 0.3 is 0 Å². The lowest BCUT2D eigenvalue weighted by Crippen LogP contribution is -2.57. The average Bonchev–Trinajstić information content (AvgIpc) is 2.83. The molecular formula is C13H18N2O2. The molecular weight excluding hydrogens is 216 g/mol. The zero-order valence-electron chi connectivity index (χ0n) is 9.89. The third-order valence-electron chi connectivity index (χ3n) is 3.92. The van der Waals surface area contributed by atoms with Crippen LogP contribution in [0, 0.1) is 5.92 Å². The maximum atomic E-state index is 11.9. The van der Waals surface area contributed by atoms with Crippen LogP contribution in [0.5, 0.6) is 0 Å². The van der Waals surface area contributed by atoms with Gasteiger partial charge in [-0.05, 0) is 44.0 Å². The van der Waals surface area contributed by atoms with Crippen LogP contribution in [-0.2, 0) is 11.2 Å². The molecule has 1 aromatic rings. The van der Waals surface area contributed by atoms with Crippen LogP contribution < -0.4 is 5.32 Å². The van der Waals surface area contributed by atoms with E-state index >= 15 is 0 Å². The Morgan fingerprint density at radius 1 is 1.47 bits per heavy atom. The predicted octanol–water partition coefficient (Wildman–Crippen LogP) is 1.03. The summed E-state index contributed by atoms with van der Waals surface area (Å²) in [5.74, 6) is 1.50. The van der Waals surface area contributed by atoms with Crippen molar-refractivity contribution in [1.82, 2.24) is 10.2 Å². The molecule has 1 unspecified atom stereocenters.